The lowest BCUT2D eigenvalue weighted by Gasteiger charge is -2.19. The Labute approximate surface area is 214 Å². The van der Waals surface area contributed by atoms with Crippen LogP contribution in [0.1, 0.15) is 52.7 Å². The fourth-order valence-corrected chi connectivity index (χ4v) is 3.97. The summed E-state index contributed by atoms with van der Waals surface area (Å²) in [6.45, 7) is 13.2. The highest BCUT2D eigenvalue weighted by Crippen LogP contribution is 2.29. The first-order valence-electron chi connectivity index (χ1n) is 12.3. The van der Waals surface area contributed by atoms with Crippen LogP contribution >= 0.6 is 0 Å². The van der Waals surface area contributed by atoms with Crippen molar-refractivity contribution in [1.82, 2.24) is 0 Å². The molecule has 0 fully saturated rings. The maximum atomic E-state index is 12.3. The molecule has 36 heavy (non-hydrogen) atoms. The zero-order chi connectivity index (χ0) is 25.9. The molecular weight excluding hydrogens is 444 g/mol. The lowest BCUT2D eigenvalue weighted by Crippen LogP contribution is -2.13. The monoisotopic (exact) mass is 478 g/mol. The van der Waals surface area contributed by atoms with Crippen LogP contribution in [-0.4, -0.2) is 6.16 Å². The predicted molar refractivity (Wildman–Crippen MR) is 148 cm³/mol. The molecule has 4 aromatic rings. The molecule has 0 saturated heterocycles. The molecule has 4 rings (SSSR count). The quantitative estimate of drug-likeness (QED) is 0.217. The lowest BCUT2D eigenvalue weighted by molar-refractivity contribution is 0.152. The van der Waals surface area contributed by atoms with E-state index in [4.69, 9.17) is 9.47 Å². The van der Waals surface area contributed by atoms with Gasteiger partial charge < -0.3 is 9.47 Å². The van der Waals surface area contributed by atoms with E-state index in [0.29, 0.717) is 11.5 Å². The van der Waals surface area contributed by atoms with Gasteiger partial charge >= 0.3 is 6.16 Å². The first kappa shape index (κ1) is 25.2. The molecule has 0 aliphatic rings. The minimum absolute atomic E-state index is 0.120. The van der Waals surface area contributed by atoms with Crippen molar-refractivity contribution in [1.29, 1.82) is 0 Å². The molecule has 0 saturated carbocycles. The Kier molecular flexibility index (Phi) is 7.03. The fourth-order valence-electron chi connectivity index (χ4n) is 3.97. The van der Waals surface area contributed by atoms with E-state index in [1.54, 1.807) is 24.3 Å². The van der Waals surface area contributed by atoms with Gasteiger partial charge in [0.2, 0.25) is 0 Å². The van der Waals surface area contributed by atoms with Gasteiger partial charge in [-0.25, -0.2) is 4.79 Å². The minimum Gasteiger partial charge on any atom is -0.395 e. The number of rotatable bonds is 4. The molecule has 0 N–H and O–H groups in total. The first-order chi connectivity index (χ1) is 17.0. The molecule has 184 valence electrons. The summed E-state index contributed by atoms with van der Waals surface area (Å²) in [7, 11) is 0. The largest absolute Gasteiger partial charge is 0.519 e. The number of carbonyl (C=O) groups excluding carboxylic acids is 1. The van der Waals surface area contributed by atoms with Gasteiger partial charge in [-0.2, -0.15) is 0 Å². The van der Waals surface area contributed by atoms with E-state index in [2.05, 4.69) is 90.1 Å². The Morgan fingerprint density at radius 3 is 0.944 bits per heavy atom. The molecular formula is C33H34O3. The number of hydrogen-bond acceptors (Lipinski definition) is 3. The molecule has 0 bridgehead atoms. The molecule has 4 aromatic carbocycles. The molecule has 0 radical (unpaired) electrons. The van der Waals surface area contributed by atoms with Crippen molar-refractivity contribution < 1.29 is 14.3 Å². The van der Waals surface area contributed by atoms with Crippen LogP contribution in [0.4, 0.5) is 4.79 Å². The van der Waals surface area contributed by atoms with Crippen LogP contribution in [0.2, 0.25) is 0 Å². The standard InChI is InChI=1S/C33H34O3/c1-32(2,3)27-15-7-23(8-16-27)25-11-19-29(20-12-25)35-31(34)36-30-21-13-26(14-22-30)24-9-17-28(18-10-24)33(4,5)6/h7-22H,1-6H3. The number of benzene rings is 4. The van der Waals surface area contributed by atoms with Gasteiger partial charge in [-0.3, -0.25) is 0 Å². The fraction of sp³-hybridized carbons (Fsp3) is 0.242. The second-order valence-corrected chi connectivity index (χ2v) is 11.2. The van der Waals surface area contributed by atoms with E-state index < -0.39 is 6.16 Å². The highest BCUT2D eigenvalue weighted by atomic mass is 16.7. The summed E-state index contributed by atoms with van der Waals surface area (Å²) >= 11 is 0. The topological polar surface area (TPSA) is 35.5 Å². The summed E-state index contributed by atoms with van der Waals surface area (Å²) in [5.41, 5.74) is 7.17. The molecule has 0 atom stereocenters. The molecule has 3 heteroatoms. The molecule has 0 aliphatic heterocycles. The van der Waals surface area contributed by atoms with Crippen molar-refractivity contribution in [3.05, 3.63) is 108 Å². The minimum atomic E-state index is -0.764. The summed E-state index contributed by atoms with van der Waals surface area (Å²) < 4.78 is 10.7. The number of hydrogen-bond donors (Lipinski definition) is 0. The molecule has 0 aliphatic carbocycles. The molecule has 0 heterocycles. The Morgan fingerprint density at radius 1 is 0.444 bits per heavy atom. The summed E-state index contributed by atoms with van der Waals surface area (Å²) in [5, 5.41) is 0. The Morgan fingerprint density at radius 2 is 0.694 bits per heavy atom. The van der Waals surface area contributed by atoms with Crippen LogP contribution < -0.4 is 9.47 Å². The summed E-state index contributed by atoms with van der Waals surface area (Å²) in [4.78, 5) is 12.3. The Balaban J connectivity index is 1.35. The van der Waals surface area contributed by atoms with Crippen LogP contribution in [-0.2, 0) is 10.8 Å². The van der Waals surface area contributed by atoms with E-state index >= 15 is 0 Å². The normalized spacial score (nSPS) is 11.7. The smallest absolute Gasteiger partial charge is 0.395 e. The van der Waals surface area contributed by atoms with Crippen molar-refractivity contribution in [2.45, 2.75) is 52.4 Å². The van der Waals surface area contributed by atoms with Crippen LogP contribution in [0.3, 0.4) is 0 Å². The maximum absolute atomic E-state index is 12.3. The first-order valence-corrected chi connectivity index (χ1v) is 12.3. The van der Waals surface area contributed by atoms with E-state index in [-0.39, 0.29) is 10.8 Å². The van der Waals surface area contributed by atoms with E-state index in [1.807, 2.05) is 24.3 Å². The maximum Gasteiger partial charge on any atom is 0.519 e. The summed E-state index contributed by atoms with van der Waals surface area (Å²) in [5.74, 6) is 0.872. The SMILES string of the molecule is CC(C)(C)c1ccc(-c2ccc(OC(=O)Oc3ccc(-c4ccc(C(C)(C)C)cc4)cc3)cc2)cc1. The van der Waals surface area contributed by atoms with Gasteiger partial charge in [0.25, 0.3) is 0 Å². The highest BCUT2D eigenvalue weighted by molar-refractivity contribution is 5.70. The number of ether oxygens (including phenoxy) is 2. The second kappa shape index (κ2) is 10.0. The second-order valence-electron chi connectivity index (χ2n) is 11.2. The summed E-state index contributed by atoms with van der Waals surface area (Å²) in [6, 6.07) is 32.0. The molecule has 0 amide bonds. The van der Waals surface area contributed by atoms with Crippen LogP contribution in [0.15, 0.2) is 97.1 Å². The van der Waals surface area contributed by atoms with Gasteiger partial charge in [-0.1, -0.05) is 114 Å². The van der Waals surface area contributed by atoms with E-state index in [9.17, 15) is 4.79 Å². The van der Waals surface area contributed by atoms with Gasteiger partial charge in [0.1, 0.15) is 11.5 Å². The van der Waals surface area contributed by atoms with Gasteiger partial charge in [-0.05, 0) is 68.5 Å². The van der Waals surface area contributed by atoms with Crippen molar-refractivity contribution in [3.8, 4) is 33.8 Å². The Bertz CT molecular complexity index is 1200. The van der Waals surface area contributed by atoms with Crippen molar-refractivity contribution in [3.63, 3.8) is 0 Å². The van der Waals surface area contributed by atoms with Crippen LogP contribution in [0.25, 0.3) is 22.3 Å². The molecule has 0 unspecified atom stereocenters. The van der Waals surface area contributed by atoms with E-state index in [0.717, 1.165) is 22.3 Å². The van der Waals surface area contributed by atoms with Crippen molar-refractivity contribution in [2.75, 3.05) is 0 Å². The predicted octanol–water partition coefficient (Wildman–Crippen LogP) is 9.19. The third-order valence-electron chi connectivity index (χ3n) is 6.28. The number of carbonyl (C=O) groups is 1. The third kappa shape index (κ3) is 6.23. The van der Waals surface area contributed by atoms with Crippen LogP contribution in [0, 0.1) is 0 Å². The summed E-state index contributed by atoms with van der Waals surface area (Å²) in [6.07, 6.45) is -0.764. The zero-order valence-corrected chi connectivity index (χ0v) is 22.0. The van der Waals surface area contributed by atoms with Gasteiger partial charge in [0, 0.05) is 0 Å². The van der Waals surface area contributed by atoms with Crippen LogP contribution in [0.5, 0.6) is 11.5 Å². The average Bonchev–Trinajstić information content (AvgIpc) is 2.84. The average molecular weight is 479 g/mol. The Hall–Kier alpha value is -3.85. The van der Waals surface area contributed by atoms with E-state index in [1.165, 1.54) is 11.1 Å². The van der Waals surface area contributed by atoms with Crippen molar-refractivity contribution in [2.24, 2.45) is 0 Å². The van der Waals surface area contributed by atoms with Gasteiger partial charge in [0.05, 0.1) is 0 Å². The molecule has 0 spiro atoms. The molecule has 0 aromatic heterocycles. The molecule has 3 nitrogen and oxygen atoms in total. The van der Waals surface area contributed by atoms with Gasteiger partial charge in [0.15, 0.2) is 0 Å². The van der Waals surface area contributed by atoms with Crippen molar-refractivity contribution >= 4 is 6.16 Å². The van der Waals surface area contributed by atoms with Gasteiger partial charge in [-0.15, -0.1) is 0 Å². The lowest BCUT2D eigenvalue weighted by atomic mass is 9.86. The highest BCUT2D eigenvalue weighted by Gasteiger charge is 2.14. The zero-order valence-electron chi connectivity index (χ0n) is 22.0. The third-order valence-corrected chi connectivity index (χ3v) is 6.28.